The summed E-state index contributed by atoms with van der Waals surface area (Å²) in [6.45, 7) is 1.37. The highest BCUT2D eigenvalue weighted by molar-refractivity contribution is 6.29. The van der Waals surface area contributed by atoms with Gasteiger partial charge in [0.05, 0.1) is 25.8 Å². The van der Waals surface area contributed by atoms with E-state index in [-0.39, 0.29) is 16.8 Å². The maximum atomic E-state index is 12.1. The lowest BCUT2D eigenvalue weighted by atomic mass is 10.1. The first kappa shape index (κ1) is 19.5. The zero-order valence-electron chi connectivity index (χ0n) is 14.6. The number of hydrogen-bond donors (Lipinski definition) is 1. The number of methoxy groups -OCH3 is 2. The van der Waals surface area contributed by atoms with Gasteiger partial charge in [0.1, 0.15) is 16.7 Å². The Balaban J connectivity index is 1.95. The standard InChI is InChI=1S/C18H19ClN2O5/c1-11(14-8-13(24-2)5-6-15(14)25-3)21-17(22)10-26-18(23)12-4-7-16(19)20-9-12/h4-9,11H,10H2,1-3H3,(H,21,22). The average Bonchev–Trinajstić information content (AvgIpc) is 2.66. The van der Waals surface area contributed by atoms with Crippen LogP contribution < -0.4 is 14.8 Å². The molecule has 0 saturated carbocycles. The summed E-state index contributed by atoms with van der Waals surface area (Å²) in [5, 5.41) is 3.01. The number of aromatic nitrogens is 1. The first-order valence-electron chi connectivity index (χ1n) is 7.74. The van der Waals surface area contributed by atoms with E-state index in [0.717, 1.165) is 5.56 Å². The molecule has 1 aromatic carbocycles. The van der Waals surface area contributed by atoms with Crippen molar-refractivity contribution in [1.29, 1.82) is 0 Å². The molecule has 7 nitrogen and oxygen atoms in total. The molecule has 1 heterocycles. The molecular formula is C18H19ClN2O5. The van der Waals surface area contributed by atoms with Crippen LogP contribution in [-0.4, -0.2) is 37.7 Å². The Hall–Kier alpha value is -2.80. The van der Waals surface area contributed by atoms with Gasteiger partial charge in [0.25, 0.3) is 5.91 Å². The predicted octanol–water partition coefficient (Wildman–Crippen LogP) is 2.79. The molecule has 1 unspecified atom stereocenters. The summed E-state index contributed by atoms with van der Waals surface area (Å²) in [4.78, 5) is 27.7. The molecule has 8 heteroatoms. The highest BCUT2D eigenvalue weighted by atomic mass is 35.5. The Morgan fingerprint density at radius 3 is 2.58 bits per heavy atom. The van der Waals surface area contributed by atoms with Crippen molar-refractivity contribution in [2.75, 3.05) is 20.8 Å². The lowest BCUT2D eigenvalue weighted by Gasteiger charge is -2.18. The van der Waals surface area contributed by atoms with E-state index in [4.69, 9.17) is 25.8 Å². The summed E-state index contributed by atoms with van der Waals surface area (Å²) >= 11 is 5.66. The van der Waals surface area contributed by atoms with Crippen LogP contribution in [-0.2, 0) is 9.53 Å². The maximum absolute atomic E-state index is 12.1. The first-order chi connectivity index (χ1) is 12.4. The Kier molecular flexibility index (Phi) is 6.80. The van der Waals surface area contributed by atoms with Gasteiger partial charge in [0, 0.05) is 11.8 Å². The van der Waals surface area contributed by atoms with E-state index in [1.165, 1.54) is 18.3 Å². The van der Waals surface area contributed by atoms with Crippen molar-refractivity contribution in [2.24, 2.45) is 0 Å². The Morgan fingerprint density at radius 2 is 1.96 bits per heavy atom. The van der Waals surface area contributed by atoms with Crippen molar-refractivity contribution in [3.63, 3.8) is 0 Å². The van der Waals surface area contributed by atoms with Crippen LogP contribution in [0.1, 0.15) is 28.9 Å². The number of amides is 1. The maximum Gasteiger partial charge on any atom is 0.340 e. The van der Waals surface area contributed by atoms with Crippen molar-refractivity contribution in [3.05, 3.63) is 52.8 Å². The molecule has 0 radical (unpaired) electrons. The van der Waals surface area contributed by atoms with E-state index in [9.17, 15) is 9.59 Å². The number of nitrogens with zero attached hydrogens (tertiary/aromatic N) is 1. The van der Waals surface area contributed by atoms with Crippen molar-refractivity contribution >= 4 is 23.5 Å². The minimum absolute atomic E-state index is 0.213. The van der Waals surface area contributed by atoms with Gasteiger partial charge in [-0.1, -0.05) is 11.6 Å². The van der Waals surface area contributed by atoms with Gasteiger partial charge in [-0.15, -0.1) is 0 Å². The van der Waals surface area contributed by atoms with Crippen LogP contribution in [0.3, 0.4) is 0 Å². The number of carbonyl (C=O) groups excluding carboxylic acids is 2. The van der Waals surface area contributed by atoms with E-state index < -0.39 is 18.5 Å². The second kappa shape index (κ2) is 9.05. The van der Waals surface area contributed by atoms with Crippen molar-refractivity contribution in [3.8, 4) is 11.5 Å². The Labute approximate surface area is 156 Å². The molecule has 138 valence electrons. The molecule has 1 aromatic heterocycles. The fourth-order valence-electron chi connectivity index (χ4n) is 2.25. The molecule has 1 N–H and O–H groups in total. The minimum Gasteiger partial charge on any atom is -0.497 e. The molecule has 0 fully saturated rings. The number of halogens is 1. The number of nitrogens with one attached hydrogen (secondary N) is 1. The van der Waals surface area contributed by atoms with Gasteiger partial charge < -0.3 is 19.5 Å². The summed E-state index contributed by atoms with van der Waals surface area (Å²) in [5.41, 5.74) is 0.957. The summed E-state index contributed by atoms with van der Waals surface area (Å²) < 4.78 is 15.5. The van der Waals surface area contributed by atoms with Crippen molar-refractivity contribution in [2.45, 2.75) is 13.0 Å². The van der Waals surface area contributed by atoms with E-state index in [1.807, 2.05) is 0 Å². The van der Waals surface area contributed by atoms with E-state index >= 15 is 0 Å². The van der Waals surface area contributed by atoms with Gasteiger partial charge >= 0.3 is 5.97 Å². The smallest absolute Gasteiger partial charge is 0.340 e. The van der Waals surface area contributed by atoms with Crippen molar-refractivity contribution < 1.29 is 23.8 Å². The van der Waals surface area contributed by atoms with Crippen LogP contribution in [0.5, 0.6) is 11.5 Å². The van der Waals surface area contributed by atoms with Crippen molar-refractivity contribution in [1.82, 2.24) is 10.3 Å². The highest BCUT2D eigenvalue weighted by Gasteiger charge is 2.17. The quantitative estimate of drug-likeness (QED) is 0.589. The molecule has 0 aliphatic heterocycles. The summed E-state index contributed by atoms with van der Waals surface area (Å²) in [7, 11) is 3.10. The number of carbonyl (C=O) groups is 2. The molecule has 2 rings (SSSR count). The highest BCUT2D eigenvalue weighted by Crippen LogP contribution is 2.29. The monoisotopic (exact) mass is 378 g/mol. The summed E-state index contributed by atoms with van der Waals surface area (Å²) in [6, 6.07) is 7.86. The van der Waals surface area contributed by atoms with E-state index in [1.54, 1.807) is 39.3 Å². The topological polar surface area (TPSA) is 86.8 Å². The van der Waals surface area contributed by atoms with Crippen LogP contribution in [0.15, 0.2) is 36.5 Å². The first-order valence-corrected chi connectivity index (χ1v) is 8.12. The van der Waals surface area contributed by atoms with Gasteiger partial charge in [-0.05, 0) is 37.3 Å². The van der Waals surface area contributed by atoms with E-state index in [2.05, 4.69) is 10.3 Å². The largest absolute Gasteiger partial charge is 0.497 e. The second-order valence-corrected chi connectivity index (χ2v) is 5.73. The third-order valence-electron chi connectivity index (χ3n) is 3.58. The zero-order valence-corrected chi connectivity index (χ0v) is 15.4. The van der Waals surface area contributed by atoms with Crippen LogP contribution in [0.25, 0.3) is 0 Å². The molecule has 0 spiro atoms. The molecule has 26 heavy (non-hydrogen) atoms. The molecular weight excluding hydrogens is 360 g/mol. The number of benzene rings is 1. The fourth-order valence-corrected chi connectivity index (χ4v) is 2.36. The van der Waals surface area contributed by atoms with Crippen LogP contribution in [0, 0.1) is 0 Å². The predicted molar refractivity (Wildman–Crippen MR) is 95.6 cm³/mol. The average molecular weight is 379 g/mol. The van der Waals surface area contributed by atoms with Gasteiger partial charge in [0.15, 0.2) is 6.61 Å². The molecule has 2 aromatic rings. The second-order valence-electron chi connectivity index (χ2n) is 5.34. The number of pyridine rings is 1. The number of esters is 1. The molecule has 0 aliphatic rings. The molecule has 0 bridgehead atoms. The number of hydrogen-bond acceptors (Lipinski definition) is 6. The third kappa shape index (κ3) is 5.10. The summed E-state index contributed by atoms with van der Waals surface area (Å²) in [5.74, 6) is 0.153. The van der Waals surface area contributed by atoms with Gasteiger partial charge in [-0.3, -0.25) is 4.79 Å². The van der Waals surface area contributed by atoms with E-state index in [0.29, 0.717) is 11.5 Å². The van der Waals surface area contributed by atoms with Gasteiger partial charge in [-0.25, -0.2) is 9.78 Å². The molecule has 1 amide bonds. The Morgan fingerprint density at radius 1 is 1.19 bits per heavy atom. The van der Waals surface area contributed by atoms with Gasteiger partial charge in [-0.2, -0.15) is 0 Å². The molecule has 1 atom stereocenters. The lowest BCUT2D eigenvalue weighted by molar-refractivity contribution is -0.124. The van der Waals surface area contributed by atoms with Crippen LogP contribution in [0.4, 0.5) is 0 Å². The SMILES string of the molecule is COc1ccc(OC)c(C(C)NC(=O)COC(=O)c2ccc(Cl)nc2)c1. The zero-order chi connectivity index (χ0) is 19.1. The lowest BCUT2D eigenvalue weighted by Crippen LogP contribution is -2.31. The number of rotatable bonds is 7. The third-order valence-corrected chi connectivity index (χ3v) is 3.80. The molecule has 0 saturated heterocycles. The van der Waals surface area contributed by atoms with Crippen LogP contribution >= 0.6 is 11.6 Å². The number of ether oxygens (including phenoxy) is 3. The van der Waals surface area contributed by atoms with Crippen LogP contribution in [0.2, 0.25) is 5.15 Å². The minimum atomic E-state index is -0.657. The van der Waals surface area contributed by atoms with Gasteiger partial charge in [0.2, 0.25) is 0 Å². The normalized spacial score (nSPS) is 11.4. The fraction of sp³-hybridized carbons (Fsp3) is 0.278. The Bertz CT molecular complexity index is 780. The molecule has 0 aliphatic carbocycles. The summed E-state index contributed by atoms with van der Waals surface area (Å²) in [6.07, 6.45) is 1.28.